The van der Waals surface area contributed by atoms with Gasteiger partial charge < -0.3 is 5.11 Å². The van der Waals surface area contributed by atoms with E-state index in [4.69, 9.17) is 5.11 Å². The second-order valence-electron chi connectivity index (χ2n) is 3.82. The maximum atomic E-state index is 11.6. The van der Waals surface area contributed by atoms with Crippen LogP contribution in [0.1, 0.15) is 35.2 Å². The first-order chi connectivity index (χ1) is 7.68. The Morgan fingerprint density at radius 3 is 2.44 bits per heavy atom. The average Bonchev–Trinajstić information content (AvgIpc) is 2.30. The number of ketones is 1. The molecule has 0 saturated heterocycles. The van der Waals surface area contributed by atoms with Crippen LogP contribution in [-0.4, -0.2) is 16.9 Å². The van der Waals surface area contributed by atoms with Crippen LogP contribution in [-0.2, 0) is 4.79 Å². The highest BCUT2D eigenvalue weighted by Crippen LogP contribution is 2.23. The third-order valence-electron chi connectivity index (χ3n) is 2.70. The summed E-state index contributed by atoms with van der Waals surface area (Å²) in [7, 11) is 0. The monoisotopic (exact) mass is 216 g/mol. The van der Waals surface area contributed by atoms with Crippen molar-refractivity contribution >= 4 is 17.3 Å². The predicted octanol–water partition coefficient (Wildman–Crippen LogP) is 2.52. The van der Waals surface area contributed by atoms with Crippen LogP contribution >= 0.6 is 0 Å². The molecule has 0 amide bonds. The number of carboxylic acid groups (broad SMARTS) is 1. The standard InChI is InChI=1S/C13H12O3/c14-12-4-2-1-3-11(12)9-5-7-10(8-6-9)13(15)16/h3,5-8H,1-2,4H2,(H,15,16). The lowest BCUT2D eigenvalue weighted by Crippen LogP contribution is -2.06. The molecule has 1 aromatic rings. The summed E-state index contributed by atoms with van der Waals surface area (Å²) in [6.07, 6.45) is 4.35. The predicted molar refractivity (Wildman–Crippen MR) is 60.2 cm³/mol. The molecule has 0 radical (unpaired) electrons. The zero-order valence-electron chi connectivity index (χ0n) is 8.77. The van der Waals surface area contributed by atoms with Crippen LogP contribution in [0.25, 0.3) is 5.57 Å². The molecule has 3 heteroatoms. The molecule has 1 aliphatic carbocycles. The molecule has 0 atom stereocenters. The summed E-state index contributed by atoms with van der Waals surface area (Å²) in [5, 5.41) is 8.76. The van der Waals surface area contributed by atoms with Crippen LogP contribution in [0.15, 0.2) is 30.3 Å². The molecule has 0 saturated carbocycles. The average molecular weight is 216 g/mol. The Balaban J connectivity index is 2.31. The smallest absolute Gasteiger partial charge is 0.335 e. The number of benzene rings is 1. The van der Waals surface area contributed by atoms with E-state index >= 15 is 0 Å². The Morgan fingerprint density at radius 1 is 1.19 bits per heavy atom. The minimum Gasteiger partial charge on any atom is -0.478 e. The summed E-state index contributed by atoms with van der Waals surface area (Å²) in [6.45, 7) is 0. The van der Waals surface area contributed by atoms with E-state index in [1.54, 1.807) is 12.1 Å². The van der Waals surface area contributed by atoms with Gasteiger partial charge in [-0.2, -0.15) is 0 Å². The van der Waals surface area contributed by atoms with Gasteiger partial charge in [0.15, 0.2) is 5.78 Å². The second kappa shape index (κ2) is 4.31. The first-order valence-electron chi connectivity index (χ1n) is 5.25. The molecule has 0 aromatic heterocycles. The molecule has 0 fully saturated rings. The molecular formula is C13H12O3. The van der Waals surface area contributed by atoms with Crippen molar-refractivity contribution in [1.82, 2.24) is 0 Å². The highest BCUT2D eigenvalue weighted by Gasteiger charge is 2.15. The minimum absolute atomic E-state index is 0.148. The Labute approximate surface area is 93.4 Å². The SMILES string of the molecule is O=C1CCCC=C1c1ccc(C(=O)O)cc1. The third-order valence-corrected chi connectivity index (χ3v) is 2.70. The molecule has 1 aromatic carbocycles. The Morgan fingerprint density at radius 2 is 1.88 bits per heavy atom. The zero-order valence-corrected chi connectivity index (χ0v) is 8.77. The number of rotatable bonds is 2. The highest BCUT2D eigenvalue weighted by molar-refractivity contribution is 6.21. The van der Waals surface area contributed by atoms with Crippen molar-refractivity contribution in [3.8, 4) is 0 Å². The van der Waals surface area contributed by atoms with Crippen LogP contribution in [0.2, 0.25) is 0 Å². The van der Waals surface area contributed by atoms with Crippen molar-refractivity contribution in [1.29, 1.82) is 0 Å². The maximum Gasteiger partial charge on any atom is 0.335 e. The van der Waals surface area contributed by atoms with Crippen LogP contribution in [0.3, 0.4) is 0 Å². The lowest BCUT2D eigenvalue weighted by Gasteiger charge is -2.11. The molecule has 1 N–H and O–H groups in total. The molecule has 3 nitrogen and oxygen atoms in total. The van der Waals surface area contributed by atoms with Crippen molar-refractivity contribution in [2.75, 3.05) is 0 Å². The molecule has 2 rings (SSSR count). The number of carbonyl (C=O) groups excluding carboxylic acids is 1. The van der Waals surface area contributed by atoms with Gasteiger partial charge in [-0.1, -0.05) is 18.2 Å². The van der Waals surface area contributed by atoms with Gasteiger partial charge in [0.25, 0.3) is 0 Å². The number of allylic oxidation sites excluding steroid dienone is 2. The van der Waals surface area contributed by atoms with E-state index in [9.17, 15) is 9.59 Å². The summed E-state index contributed by atoms with van der Waals surface area (Å²) >= 11 is 0. The molecule has 82 valence electrons. The van der Waals surface area contributed by atoms with Crippen molar-refractivity contribution in [2.45, 2.75) is 19.3 Å². The van der Waals surface area contributed by atoms with E-state index in [1.807, 2.05) is 6.08 Å². The summed E-state index contributed by atoms with van der Waals surface area (Å²) in [6, 6.07) is 6.44. The van der Waals surface area contributed by atoms with E-state index in [0.29, 0.717) is 6.42 Å². The van der Waals surface area contributed by atoms with Gasteiger partial charge >= 0.3 is 5.97 Å². The van der Waals surface area contributed by atoms with Gasteiger partial charge in [-0.25, -0.2) is 4.79 Å². The molecular weight excluding hydrogens is 204 g/mol. The van der Waals surface area contributed by atoms with Gasteiger partial charge in [-0.3, -0.25) is 4.79 Å². The quantitative estimate of drug-likeness (QED) is 0.826. The highest BCUT2D eigenvalue weighted by atomic mass is 16.4. The van der Waals surface area contributed by atoms with Gasteiger partial charge in [-0.05, 0) is 30.5 Å². The van der Waals surface area contributed by atoms with Crippen LogP contribution in [0.4, 0.5) is 0 Å². The molecule has 0 spiro atoms. The molecule has 0 aliphatic heterocycles. The lowest BCUT2D eigenvalue weighted by molar-refractivity contribution is -0.114. The Bertz CT molecular complexity index is 455. The van der Waals surface area contributed by atoms with Crippen LogP contribution < -0.4 is 0 Å². The van der Waals surface area contributed by atoms with Crippen molar-refractivity contribution in [3.63, 3.8) is 0 Å². The van der Waals surface area contributed by atoms with Gasteiger partial charge in [0.2, 0.25) is 0 Å². The normalized spacial score (nSPS) is 15.8. The fraction of sp³-hybridized carbons (Fsp3) is 0.231. The fourth-order valence-corrected chi connectivity index (χ4v) is 1.83. The summed E-state index contributed by atoms with van der Waals surface area (Å²) in [5.41, 5.74) is 1.78. The summed E-state index contributed by atoms with van der Waals surface area (Å²) in [4.78, 5) is 22.3. The van der Waals surface area contributed by atoms with Crippen LogP contribution in [0.5, 0.6) is 0 Å². The van der Waals surface area contributed by atoms with Crippen molar-refractivity contribution in [3.05, 3.63) is 41.5 Å². The Kier molecular flexibility index (Phi) is 2.86. The van der Waals surface area contributed by atoms with Crippen LogP contribution in [0, 0.1) is 0 Å². The summed E-state index contributed by atoms with van der Waals surface area (Å²) in [5.74, 6) is -0.801. The van der Waals surface area contributed by atoms with Gasteiger partial charge in [0.05, 0.1) is 5.56 Å². The van der Waals surface area contributed by atoms with E-state index in [1.165, 1.54) is 12.1 Å². The molecule has 0 unspecified atom stereocenters. The zero-order chi connectivity index (χ0) is 11.5. The largest absolute Gasteiger partial charge is 0.478 e. The molecule has 0 heterocycles. The lowest BCUT2D eigenvalue weighted by atomic mass is 9.92. The maximum absolute atomic E-state index is 11.6. The van der Waals surface area contributed by atoms with Gasteiger partial charge in [0.1, 0.15) is 0 Å². The number of Topliss-reactive ketones (excluding diaryl/α,β-unsaturated/α-hetero) is 1. The fourth-order valence-electron chi connectivity index (χ4n) is 1.83. The molecule has 16 heavy (non-hydrogen) atoms. The molecule has 1 aliphatic rings. The number of hydrogen-bond donors (Lipinski definition) is 1. The number of hydrogen-bond acceptors (Lipinski definition) is 2. The number of aromatic carboxylic acids is 1. The minimum atomic E-state index is -0.949. The van der Waals surface area contributed by atoms with E-state index in [2.05, 4.69) is 0 Å². The topological polar surface area (TPSA) is 54.4 Å². The third kappa shape index (κ3) is 2.03. The number of carbonyl (C=O) groups is 2. The summed E-state index contributed by atoms with van der Waals surface area (Å²) < 4.78 is 0. The number of carboxylic acids is 1. The van der Waals surface area contributed by atoms with E-state index in [0.717, 1.165) is 24.0 Å². The van der Waals surface area contributed by atoms with Crippen molar-refractivity contribution < 1.29 is 14.7 Å². The Hall–Kier alpha value is -1.90. The van der Waals surface area contributed by atoms with Crippen molar-refractivity contribution in [2.24, 2.45) is 0 Å². The molecule has 0 bridgehead atoms. The first kappa shape index (κ1) is 10.6. The first-order valence-corrected chi connectivity index (χ1v) is 5.25. The van der Waals surface area contributed by atoms with Gasteiger partial charge in [0, 0.05) is 12.0 Å². The van der Waals surface area contributed by atoms with E-state index in [-0.39, 0.29) is 11.3 Å². The second-order valence-corrected chi connectivity index (χ2v) is 3.82. The van der Waals surface area contributed by atoms with Gasteiger partial charge in [-0.15, -0.1) is 0 Å². The van der Waals surface area contributed by atoms with E-state index < -0.39 is 5.97 Å².